The molecular formula is C14H15BrN2O6. The molecule has 1 atom stereocenters. The third-order valence-corrected chi connectivity index (χ3v) is 4.33. The van der Waals surface area contributed by atoms with E-state index in [1.54, 1.807) is 0 Å². The molecule has 1 aromatic carbocycles. The average Bonchev–Trinajstić information content (AvgIpc) is 2.87. The van der Waals surface area contributed by atoms with E-state index in [2.05, 4.69) is 21.2 Å². The Balaban J connectivity index is 2.06. The van der Waals surface area contributed by atoms with Crippen LogP contribution in [0.1, 0.15) is 18.4 Å². The third kappa shape index (κ3) is 4.49. The zero-order chi connectivity index (χ0) is 17.0. The summed E-state index contributed by atoms with van der Waals surface area (Å²) in [5.41, 5.74) is -0.388. The Hall–Kier alpha value is -2.00. The molecule has 23 heavy (non-hydrogen) atoms. The van der Waals surface area contributed by atoms with E-state index in [-0.39, 0.29) is 31.0 Å². The van der Waals surface area contributed by atoms with E-state index in [0.717, 1.165) is 0 Å². The van der Waals surface area contributed by atoms with Gasteiger partial charge in [-0.1, -0.05) is 22.0 Å². The zero-order valence-corrected chi connectivity index (χ0v) is 13.7. The van der Waals surface area contributed by atoms with Crippen LogP contribution in [0.25, 0.3) is 0 Å². The van der Waals surface area contributed by atoms with Crippen molar-refractivity contribution in [1.82, 2.24) is 5.32 Å². The van der Waals surface area contributed by atoms with Crippen LogP contribution in [0.2, 0.25) is 0 Å². The monoisotopic (exact) mass is 386 g/mol. The van der Waals surface area contributed by atoms with Crippen molar-refractivity contribution in [3.8, 4) is 0 Å². The topological polar surface area (TPSA) is 119 Å². The van der Waals surface area contributed by atoms with Gasteiger partial charge in [0.25, 0.3) is 5.69 Å². The van der Waals surface area contributed by atoms with E-state index < -0.39 is 16.4 Å². The van der Waals surface area contributed by atoms with Crippen LogP contribution in [0.3, 0.4) is 0 Å². The Kier molecular flexibility index (Phi) is 5.32. The number of carbonyl (C=O) groups excluding carboxylic acids is 1. The molecule has 1 aliphatic rings. The lowest BCUT2D eigenvalue weighted by atomic mass is 9.94. The fourth-order valence-electron chi connectivity index (χ4n) is 2.48. The van der Waals surface area contributed by atoms with E-state index >= 15 is 0 Å². The number of hydrogen-bond donors (Lipinski definition) is 2. The molecule has 124 valence electrons. The predicted octanol–water partition coefficient (Wildman–Crippen LogP) is 1.65. The number of ether oxygens (including phenoxy) is 1. The molecule has 0 bridgehead atoms. The summed E-state index contributed by atoms with van der Waals surface area (Å²) in [4.78, 5) is 33.4. The van der Waals surface area contributed by atoms with E-state index in [0.29, 0.717) is 23.1 Å². The Morgan fingerprint density at radius 2 is 2.22 bits per heavy atom. The first kappa shape index (κ1) is 17.4. The maximum absolute atomic E-state index is 12.2. The van der Waals surface area contributed by atoms with E-state index in [4.69, 9.17) is 9.84 Å². The number of rotatable bonds is 6. The molecule has 1 saturated heterocycles. The molecule has 1 fully saturated rings. The van der Waals surface area contributed by atoms with Gasteiger partial charge in [0.1, 0.15) is 0 Å². The predicted molar refractivity (Wildman–Crippen MR) is 83.1 cm³/mol. The van der Waals surface area contributed by atoms with Gasteiger partial charge in [0.15, 0.2) is 0 Å². The molecule has 2 rings (SSSR count). The van der Waals surface area contributed by atoms with Crippen molar-refractivity contribution >= 4 is 33.5 Å². The Labute approximate surface area is 140 Å². The normalized spacial score (nSPS) is 20.2. The minimum absolute atomic E-state index is 0.0139. The quantitative estimate of drug-likeness (QED) is 0.566. The molecule has 9 heteroatoms. The molecule has 1 aromatic rings. The zero-order valence-electron chi connectivity index (χ0n) is 12.1. The number of nitro benzene ring substituents is 1. The number of aliphatic carboxylic acids is 1. The summed E-state index contributed by atoms with van der Waals surface area (Å²) >= 11 is 3.21. The lowest BCUT2D eigenvalue weighted by molar-refractivity contribution is -0.384. The molecule has 1 unspecified atom stereocenters. The van der Waals surface area contributed by atoms with Crippen molar-refractivity contribution in [2.45, 2.75) is 24.8 Å². The molecule has 1 heterocycles. The first-order chi connectivity index (χ1) is 10.8. The summed E-state index contributed by atoms with van der Waals surface area (Å²) in [5, 5.41) is 22.4. The highest BCUT2D eigenvalue weighted by molar-refractivity contribution is 9.10. The molecule has 0 saturated carbocycles. The minimum Gasteiger partial charge on any atom is -0.481 e. The summed E-state index contributed by atoms with van der Waals surface area (Å²) in [6.07, 6.45) is 0.215. The van der Waals surface area contributed by atoms with Crippen LogP contribution in [0.15, 0.2) is 22.7 Å². The van der Waals surface area contributed by atoms with Crippen LogP contribution in [-0.4, -0.2) is 40.7 Å². The van der Waals surface area contributed by atoms with Crippen molar-refractivity contribution < 1.29 is 24.4 Å². The highest BCUT2D eigenvalue weighted by Gasteiger charge is 2.38. The molecule has 0 aromatic heterocycles. The van der Waals surface area contributed by atoms with E-state index in [1.165, 1.54) is 18.2 Å². The van der Waals surface area contributed by atoms with Gasteiger partial charge in [-0.3, -0.25) is 19.7 Å². The molecule has 0 spiro atoms. The maximum Gasteiger partial charge on any atom is 0.305 e. The van der Waals surface area contributed by atoms with Crippen molar-refractivity contribution in [2.24, 2.45) is 0 Å². The Morgan fingerprint density at radius 3 is 2.74 bits per heavy atom. The standard InChI is InChI=1S/C14H15BrN2O6/c15-11-6-10(17(21)22)2-1-9(11)5-12(18)16-14(7-13(19)20)3-4-23-8-14/h1-2,6H,3-5,7-8H2,(H,16,18)(H,19,20). The minimum atomic E-state index is -1.01. The smallest absolute Gasteiger partial charge is 0.305 e. The highest BCUT2D eigenvalue weighted by Crippen LogP contribution is 2.25. The molecule has 1 aliphatic heterocycles. The SMILES string of the molecule is O=C(O)CC1(NC(=O)Cc2ccc([N+](=O)[O-])cc2Br)CCOC1. The van der Waals surface area contributed by atoms with Gasteiger partial charge in [0.2, 0.25) is 5.91 Å². The summed E-state index contributed by atoms with van der Waals surface area (Å²) in [5.74, 6) is -1.36. The maximum atomic E-state index is 12.2. The second-order valence-electron chi connectivity index (χ2n) is 5.41. The number of halogens is 1. The van der Waals surface area contributed by atoms with Gasteiger partial charge >= 0.3 is 5.97 Å². The van der Waals surface area contributed by atoms with Crippen LogP contribution in [0.5, 0.6) is 0 Å². The lowest BCUT2D eigenvalue weighted by Gasteiger charge is -2.27. The second-order valence-corrected chi connectivity index (χ2v) is 6.27. The number of carboxylic acid groups (broad SMARTS) is 1. The van der Waals surface area contributed by atoms with Crippen molar-refractivity contribution in [1.29, 1.82) is 0 Å². The number of nitrogens with one attached hydrogen (secondary N) is 1. The van der Waals surface area contributed by atoms with Gasteiger partial charge in [-0.15, -0.1) is 0 Å². The number of carbonyl (C=O) groups is 2. The van der Waals surface area contributed by atoms with Crippen LogP contribution in [0, 0.1) is 10.1 Å². The number of non-ortho nitro benzene ring substituents is 1. The van der Waals surface area contributed by atoms with Crippen LogP contribution in [0.4, 0.5) is 5.69 Å². The highest BCUT2D eigenvalue weighted by atomic mass is 79.9. The number of benzene rings is 1. The molecule has 2 N–H and O–H groups in total. The van der Waals surface area contributed by atoms with Gasteiger partial charge in [-0.2, -0.15) is 0 Å². The van der Waals surface area contributed by atoms with Crippen molar-refractivity contribution in [3.05, 3.63) is 38.3 Å². The van der Waals surface area contributed by atoms with Gasteiger partial charge in [-0.05, 0) is 12.0 Å². The van der Waals surface area contributed by atoms with E-state index in [9.17, 15) is 19.7 Å². The lowest BCUT2D eigenvalue weighted by Crippen LogP contribution is -2.51. The number of nitro groups is 1. The van der Waals surface area contributed by atoms with Crippen LogP contribution < -0.4 is 5.32 Å². The summed E-state index contributed by atoms with van der Waals surface area (Å²) < 4.78 is 5.67. The van der Waals surface area contributed by atoms with Gasteiger partial charge in [0.05, 0.1) is 29.9 Å². The van der Waals surface area contributed by atoms with Crippen molar-refractivity contribution in [3.63, 3.8) is 0 Å². The molecule has 0 radical (unpaired) electrons. The van der Waals surface area contributed by atoms with E-state index in [1.807, 2.05) is 0 Å². The number of hydrogen-bond acceptors (Lipinski definition) is 5. The number of carboxylic acids is 1. The Morgan fingerprint density at radius 1 is 1.48 bits per heavy atom. The fraction of sp³-hybridized carbons (Fsp3) is 0.429. The van der Waals surface area contributed by atoms with Gasteiger partial charge in [-0.25, -0.2) is 0 Å². The summed E-state index contributed by atoms with van der Waals surface area (Å²) in [6, 6.07) is 4.14. The largest absolute Gasteiger partial charge is 0.481 e. The van der Waals surface area contributed by atoms with Crippen LogP contribution >= 0.6 is 15.9 Å². The van der Waals surface area contributed by atoms with Gasteiger partial charge < -0.3 is 15.2 Å². The second kappa shape index (κ2) is 7.05. The third-order valence-electron chi connectivity index (χ3n) is 3.60. The number of nitrogens with zero attached hydrogens (tertiary/aromatic N) is 1. The van der Waals surface area contributed by atoms with Crippen LogP contribution in [-0.2, 0) is 20.7 Å². The first-order valence-corrected chi connectivity index (χ1v) is 7.64. The first-order valence-electron chi connectivity index (χ1n) is 6.85. The molecule has 1 amide bonds. The molecular weight excluding hydrogens is 372 g/mol. The molecule has 8 nitrogen and oxygen atoms in total. The Bertz CT molecular complexity index is 642. The number of amides is 1. The van der Waals surface area contributed by atoms with Gasteiger partial charge in [0, 0.05) is 23.2 Å². The van der Waals surface area contributed by atoms with Crippen molar-refractivity contribution in [2.75, 3.05) is 13.2 Å². The summed E-state index contributed by atoms with van der Waals surface area (Å²) in [6.45, 7) is 0.557. The molecule has 0 aliphatic carbocycles. The summed E-state index contributed by atoms with van der Waals surface area (Å²) in [7, 11) is 0. The average molecular weight is 387 g/mol. The fourth-order valence-corrected chi connectivity index (χ4v) is 2.99.